The smallest absolute Gasteiger partial charge is 0.133 e. The average molecular weight is 308 g/mol. The SMILES string of the molecule is Cc1cc(CNCc2cccc(OCc3ccccc3)c2)no1. The van der Waals surface area contributed by atoms with Gasteiger partial charge in [0.2, 0.25) is 0 Å². The zero-order valence-electron chi connectivity index (χ0n) is 13.2. The second kappa shape index (κ2) is 7.61. The Bertz CT molecular complexity index is 738. The standard InChI is InChI=1S/C19H20N2O2/c1-15-10-18(21-23-15)13-20-12-17-8-5-9-19(11-17)22-14-16-6-3-2-4-7-16/h2-11,20H,12-14H2,1H3. The molecule has 0 saturated heterocycles. The van der Waals surface area contributed by atoms with Crippen LogP contribution in [0.3, 0.4) is 0 Å². The lowest BCUT2D eigenvalue weighted by Gasteiger charge is -2.08. The number of aromatic nitrogens is 1. The number of benzene rings is 2. The topological polar surface area (TPSA) is 47.3 Å². The van der Waals surface area contributed by atoms with E-state index in [0.717, 1.165) is 29.3 Å². The Morgan fingerprint density at radius 1 is 0.957 bits per heavy atom. The van der Waals surface area contributed by atoms with Crippen molar-refractivity contribution in [1.29, 1.82) is 0 Å². The first kappa shape index (κ1) is 15.3. The minimum atomic E-state index is 0.579. The molecule has 0 atom stereocenters. The summed E-state index contributed by atoms with van der Waals surface area (Å²) < 4.78 is 10.9. The summed E-state index contributed by atoms with van der Waals surface area (Å²) >= 11 is 0. The Morgan fingerprint density at radius 3 is 2.57 bits per heavy atom. The predicted molar refractivity (Wildman–Crippen MR) is 89.0 cm³/mol. The van der Waals surface area contributed by atoms with Gasteiger partial charge in [0.15, 0.2) is 0 Å². The Balaban J connectivity index is 1.50. The van der Waals surface area contributed by atoms with Crippen molar-refractivity contribution in [3.8, 4) is 5.75 Å². The van der Waals surface area contributed by atoms with Crippen LogP contribution in [0.15, 0.2) is 65.2 Å². The van der Waals surface area contributed by atoms with E-state index >= 15 is 0 Å². The van der Waals surface area contributed by atoms with E-state index in [4.69, 9.17) is 9.26 Å². The second-order valence-electron chi connectivity index (χ2n) is 5.45. The molecule has 0 amide bonds. The third kappa shape index (κ3) is 4.69. The van der Waals surface area contributed by atoms with E-state index in [0.29, 0.717) is 13.2 Å². The van der Waals surface area contributed by atoms with Gasteiger partial charge in [-0.1, -0.05) is 47.6 Å². The van der Waals surface area contributed by atoms with Crippen molar-refractivity contribution in [2.75, 3.05) is 0 Å². The van der Waals surface area contributed by atoms with E-state index in [-0.39, 0.29) is 0 Å². The number of hydrogen-bond acceptors (Lipinski definition) is 4. The molecule has 0 aliphatic heterocycles. The summed E-state index contributed by atoms with van der Waals surface area (Å²) in [4.78, 5) is 0. The maximum Gasteiger partial charge on any atom is 0.133 e. The van der Waals surface area contributed by atoms with Crippen LogP contribution in [-0.2, 0) is 19.7 Å². The summed E-state index contributed by atoms with van der Waals surface area (Å²) in [5.41, 5.74) is 3.26. The van der Waals surface area contributed by atoms with E-state index in [1.807, 2.05) is 43.3 Å². The molecule has 1 heterocycles. The highest BCUT2D eigenvalue weighted by atomic mass is 16.5. The van der Waals surface area contributed by atoms with Gasteiger partial charge in [-0.25, -0.2) is 0 Å². The molecule has 4 heteroatoms. The first-order valence-corrected chi connectivity index (χ1v) is 7.68. The molecule has 1 aromatic heterocycles. The highest BCUT2D eigenvalue weighted by Crippen LogP contribution is 2.15. The molecule has 0 fully saturated rings. The lowest BCUT2D eigenvalue weighted by molar-refractivity contribution is 0.306. The van der Waals surface area contributed by atoms with Gasteiger partial charge in [-0.3, -0.25) is 0 Å². The average Bonchev–Trinajstić information content (AvgIpc) is 3.00. The van der Waals surface area contributed by atoms with Gasteiger partial charge in [0.25, 0.3) is 0 Å². The zero-order valence-corrected chi connectivity index (χ0v) is 13.2. The van der Waals surface area contributed by atoms with Crippen molar-refractivity contribution in [2.24, 2.45) is 0 Å². The van der Waals surface area contributed by atoms with E-state index in [1.54, 1.807) is 0 Å². The lowest BCUT2D eigenvalue weighted by atomic mass is 10.2. The van der Waals surface area contributed by atoms with Crippen molar-refractivity contribution in [1.82, 2.24) is 10.5 Å². The Hall–Kier alpha value is -2.59. The number of ether oxygens (including phenoxy) is 1. The molecule has 0 bridgehead atoms. The molecule has 2 aromatic carbocycles. The monoisotopic (exact) mass is 308 g/mol. The largest absolute Gasteiger partial charge is 0.489 e. The van der Waals surface area contributed by atoms with Crippen LogP contribution >= 0.6 is 0 Å². The van der Waals surface area contributed by atoms with Crippen LogP contribution in [-0.4, -0.2) is 5.16 Å². The molecule has 0 aliphatic rings. The van der Waals surface area contributed by atoms with Crippen molar-refractivity contribution >= 4 is 0 Å². The van der Waals surface area contributed by atoms with Crippen LogP contribution in [0.5, 0.6) is 5.75 Å². The third-order valence-electron chi connectivity index (χ3n) is 3.46. The number of nitrogens with one attached hydrogen (secondary N) is 1. The van der Waals surface area contributed by atoms with Crippen molar-refractivity contribution in [3.05, 3.63) is 83.2 Å². The summed E-state index contributed by atoms with van der Waals surface area (Å²) in [6.45, 7) is 3.92. The van der Waals surface area contributed by atoms with Gasteiger partial charge in [-0.2, -0.15) is 0 Å². The van der Waals surface area contributed by atoms with Crippen LogP contribution in [0, 0.1) is 6.92 Å². The number of hydrogen-bond donors (Lipinski definition) is 1. The van der Waals surface area contributed by atoms with E-state index in [1.165, 1.54) is 5.56 Å². The number of aryl methyl sites for hydroxylation is 1. The molecule has 0 spiro atoms. The molecule has 0 saturated carbocycles. The van der Waals surface area contributed by atoms with Gasteiger partial charge in [0.05, 0.1) is 5.69 Å². The molecule has 4 nitrogen and oxygen atoms in total. The van der Waals surface area contributed by atoms with E-state index in [9.17, 15) is 0 Å². The van der Waals surface area contributed by atoms with E-state index < -0.39 is 0 Å². The van der Waals surface area contributed by atoms with Crippen LogP contribution in [0.1, 0.15) is 22.6 Å². The summed E-state index contributed by atoms with van der Waals surface area (Å²) in [7, 11) is 0. The van der Waals surface area contributed by atoms with Gasteiger partial charge in [0.1, 0.15) is 18.1 Å². The van der Waals surface area contributed by atoms with Crippen LogP contribution in [0.4, 0.5) is 0 Å². The van der Waals surface area contributed by atoms with Crippen LogP contribution in [0.2, 0.25) is 0 Å². The number of nitrogens with zero attached hydrogens (tertiary/aromatic N) is 1. The highest BCUT2D eigenvalue weighted by Gasteiger charge is 2.01. The van der Waals surface area contributed by atoms with Crippen molar-refractivity contribution in [2.45, 2.75) is 26.6 Å². The van der Waals surface area contributed by atoms with Crippen molar-refractivity contribution < 1.29 is 9.26 Å². The van der Waals surface area contributed by atoms with Crippen LogP contribution < -0.4 is 10.1 Å². The van der Waals surface area contributed by atoms with Gasteiger partial charge in [-0.05, 0) is 30.2 Å². The van der Waals surface area contributed by atoms with E-state index in [2.05, 4.69) is 34.7 Å². The van der Waals surface area contributed by atoms with Gasteiger partial charge < -0.3 is 14.6 Å². The molecule has 0 radical (unpaired) electrons. The zero-order chi connectivity index (χ0) is 15.9. The molecular weight excluding hydrogens is 288 g/mol. The molecule has 23 heavy (non-hydrogen) atoms. The molecule has 3 rings (SSSR count). The first-order chi connectivity index (χ1) is 11.3. The summed E-state index contributed by atoms with van der Waals surface area (Å²) in [5, 5.41) is 7.32. The predicted octanol–water partition coefficient (Wildman–Crippen LogP) is 3.85. The summed E-state index contributed by atoms with van der Waals surface area (Å²) in [6.07, 6.45) is 0. The number of rotatable bonds is 7. The second-order valence-corrected chi connectivity index (χ2v) is 5.45. The highest BCUT2D eigenvalue weighted by molar-refractivity contribution is 5.29. The Morgan fingerprint density at radius 2 is 1.78 bits per heavy atom. The molecule has 0 aliphatic carbocycles. The lowest BCUT2D eigenvalue weighted by Crippen LogP contribution is -2.12. The molecule has 1 N–H and O–H groups in total. The maximum atomic E-state index is 5.85. The van der Waals surface area contributed by atoms with Crippen LogP contribution in [0.25, 0.3) is 0 Å². The quantitative estimate of drug-likeness (QED) is 0.720. The van der Waals surface area contributed by atoms with Crippen molar-refractivity contribution in [3.63, 3.8) is 0 Å². The minimum Gasteiger partial charge on any atom is -0.489 e. The van der Waals surface area contributed by atoms with Gasteiger partial charge in [-0.15, -0.1) is 0 Å². The van der Waals surface area contributed by atoms with Gasteiger partial charge in [0, 0.05) is 19.2 Å². The fourth-order valence-electron chi connectivity index (χ4n) is 2.32. The molecule has 0 unspecified atom stereocenters. The molecule has 118 valence electrons. The Kier molecular flexibility index (Phi) is 5.06. The molecule has 3 aromatic rings. The first-order valence-electron chi connectivity index (χ1n) is 7.68. The fraction of sp³-hybridized carbons (Fsp3) is 0.211. The maximum absolute atomic E-state index is 5.85. The summed E-state index contributed by atoms with van der Waals surface area (Å²) in [6, 6.07) is 20.2. The Labute approximate surface area is 136 Å². The van der Waals surface area contributed by atoms with Gasteiger partial charge >= 0.3 is 0 Å². The molecular formula is C19H20N2O2. The summed E-state index contributed by atoms with van der Waals surface area (Å²) in [5.74, 6) is 1.71. The fourth-order valence-corrected chi connectivity index (χ4v) is 2.32. The minimum absolute atomic E-state index is 0.579. The third-order valence-corrected chi connectivity index (χ3v) is 3.46. The normalized spacial score (nSPS) is 10.7.